The molecular weight excluding hydrogens is 342 g/mol. The van der Waals surface area contributed by atoms with Crippen LogP contribution in [0.2, 0.25) is 0 Å². The highest BCUT2D eigenvalue weighted by molar-refractivity contribution is 8.00. The van der Waals surface area contributed by atoms with Crippen molar-refractivity contribution in [1.82, 2.24) is 10.2 Å². The van der Waals surface area contributed by atoms with E-state index in [4.69, 9.17) is 4.99 Å². The lowest BCUT2D eigenvalue weighted by Gasteiger charge is -2.37. The van der Waals surface area contributed by atoms with Crippen LogP contribution in [-0.2, 0) is 9.84 Å². The first-order valence-corrected chi connectivity index (χ1v) is 12.1. The highest BCUT2D eigenvalue weighted by Gasteiger charge is 2.29. The number of hydrogen-bond acceptors (Lipinski definition) is 4. The van der Waals surface area contributed by atoms with Crippen molar-refractivity contribution in [3.05, 3.63) is 0 Å². The maximum absolute atomic E-state index is 11.7. The zero-order valence-electron chi connectivity index (χ0n) is 15.5. The van der Waals surface area contributed by atoms with E-state index >= 15 is 0 Å². The van der Waals surface area contributed by atoms with Gasteiger partial charge in [0.1, 0.15) is 0 Å². The zero-order chi connectivity index (χ0) is 17.7. The molecule has 24 heavy (non-hydrogen) atoms. The molecule has 2 saturated heterocycles. The maximum Gasteiger partial charge on any atom is 0.194 e. The van der Waals surface area contributed by atoms with Gasteiger partial charge in [-0.25, -0.2) is 8.42 Å². The van der Waals surface area contributed by atoms with Crippen molar-refractivity contribution < 1.29 is 8.42 Å². The Morgan fingerprint density at radius 1 is 1.38 bits per heavy atom. The van der Waals surface area contributed by atoms with Crippen molar-refractivity contribution in [2.45, 2.75) is 51.8 Å². The molecule has 0 spiro atoms. The Labute approximate surface area is 152 Å². The molecule has 0 bridgehead atoms. The lowest BCUT2D eigenvalue weighted by Crippen LogP contribution is -2.51. The minimum absolute atomic E-state index is 0.184. The summed E-state index contributed by atoms with van der Waals surface area (Å²) in [4.78, 5) is 7.21. The predicted octanol–water partition coefficient (Wildman–Crippen LogP) is 2.24. The van der Waals surface area contributed by atoms with Gasteiger partial charge in [0.05, 0.1) is 11.5 Å². The van der Waals surface area contributed by atoms with E-state index < -0.39 is 9.84 Å². The number of hydrogen-bond donors (Lipinski definition) is 1. The van der Waals surface area contributed by atoms with Gasteiger partial charge in [-0.3, -0.25) is 4.99 Å². The maximum atomic E-state index is 11.7. The van der Waals surface area contributed by atoms with Crippen LogP contribution in [0, 0.1) is 11.8 Å². The topological polar surface area (TPSA) is 61.8 Å². The fourth-order valence-corrected chi connectivity index (χ4v) is 6.21. The molecular formula is C17H33N3O2S2. The Morgan fingerprint density at radius 3 is 2.71 bits per heavy atom. The third-order valence-electron chi connectivity index (χ3n) is 4.95. The Bertz CT molecular complexity index is 534. The molecule has 3 unspecified atom stereocenters. The summed E-state index contributed by atoms with van der Waals surface area (Å²) in [5.41, 5.74) is 0. The van der Waals surface area contributed by atoms with Crippen LogP contribution in [0.4, 0.5) is 0 Å². The van der Waals surface area contributed by atoms with Crippen molar-refractivity contribution in [3.8, 4) is 0 Å². The van der Waals surface area contributed by atoms with Gasteiger partial charge in [0.2, 0.25) is 0 Å². The molecule has 0 aromatic rings. The number of nitrogens with one attached hydrogen (secondary N) is 1. The molecule has 0 aliphatic carbocycles. The molecule has 140 valence electrons. The van der Waals surface area contributed by atoms with Crippen LogP contribution in [0.5, 0.6) is 0 Å². The third kappa shape index (κ3) is 5.83. The summed E-state index contributed by atoms with van der Waals surface area (Å²) in [5.74, 6) is 3.57. The van der Waals surface area contributed by atoms with E-state index in [1.807, 2.05) is 0 Å². The zero-order valence-corrected chi connectivity index (χ0v) is 17.1. The Hall–Kier alpha value is -0.430. The van der Waals surface area contributed by atoms with Gasteiger partial charge in [-0.05, 0) is 31.6 Å². The van der Waals surface area contributed by atoms with Crippen LogP contribution < -0.4 is 5.32 Å². The number of thioether (sulfide) groups is 1. The highest BCUT2D eigenvalue weighted by Crippen LogP contribution is 2.25. The van der Waals surface area contributed by atoms with Crippen LogP contribution in [0.3, 0.4) is 0 Å². The lowest BCUT2D eigenvalue weighted by molar-refractivity contribution is 0.373. The summed E-state index contributed by atoms with van der Waals surface area (Å²) in [5, 5.41) is 4.19. The van der Waals surface area contributed by atoms with E-state index in [1.165, 1.54) is 0 Å². The molecule has 2 aliphatic heterocycles. The molecule has 0 aromatic carbocycles. The summed E-state index contributed by atoms with van der Waals surface area (Å²) in [6.07, 6.45) is 1.81. The van der Waals surface area contributed by atoms with E-state index in [-0.39, 0.29) is 5.92 Å². The van der Waals surface area contributed by atoms with Gasteiger partial charge in [0.15, 0.2) is 15.8 Å². The van der Waals surface area contributed by atoms with E-state index in [1.54, 1.807) is 0 Å². The van der Waals surface area contributed by atoms with Crippen LogP contribution in [0.15, 0.2) is 4.99 Å². The summed E-state index contributed by atoms with van der Waals surface area (Å²) >= 11 is 2.06. The molecule has 7 heteroatoms. The fourth-order valence-electron chi connectivity index (χ4n) is 3.06. The van der Waals surface area contributed by atoms with E-state index in [0.717, 1.165) is 37.6 Å². The minimum atomic E-state index is -2.82. The number of sulfone groups is 1. The van der Waals surface area contributed by atoms with Gasteiger partial charge < -0.3 is 10.2 Å². The number of aliphatic imine (C=N–C) groups is 1. The van der Waals surface area contributed by atoms with Crippen molar-refractivity contribution >= 4 is 27.6 Å². The van der Waals surface area contributed by atoms with Gasteiger partial charge >= 0.3 is 0 Å². The van der Waals surface area contributed by atoms with Crippen LogP contribution in [0.25, 0.3) is 0 Å². The average molecular weight is 376 g/mol. The number of rotatable bonds is 5. The Morgan fingerprint density at radius 2 is 2.12 bits per heavy atom. The summed E-state index contributed by atoms with van der Waals surface area (Å²) in [6.45, 7) is 11.6. The monoisotopic (exact) mass is 375 g/mol. The van der Waals surface area contributed by atoms with Crippen LogP contribution >= 0.6 is 11.8 Å². The number of nitrogens with zero attached hydrogens (tertiary/aromatic N) is 2. The second-order valence-corrected chi connectivity index (χ2v) is 11.1. The van der Waals surface area contributed by atoms with Crippen molar-refractivity contribution in [3.63, 3.8) is 0 Å². The average Bonchev–Trinajstić information content (AvgIpc) is 2.90. The van der Waals surface area contributed by atoms with Gasteiger partial charge in [0, 0.05) is 36.7 Å². The standard InChI is InChI=1S/C17H33N3O2S2/c1-5-14(4)19-17(18-10-15-6-9-24(21,22)12-15)20-7-8-23-16(11-20)13(2)3/h13-16H,5-12H2,1-4H3,(H,18,19). The molecule has 2 aliphatic rings. The molecule has 2 fully saturated rings. The molecule has 3 atom stereocenters. The van der Waals surface area contributed by atoms with Crippen LogP contribution in [-0.4, -0.2) is 67.5 Å². The minimum Gasteiger partial charge on any atom is -0.354 e. The van der Waals surface area contributed by atoms with E-state index in [9.17, 15) is 8.42 Å². The van der Waals surface area contributed by atoms with Crippen molar-refractivity contribution in [2.75, 3.05) is 36.9 Å². The third-order valence-corrected chi connectivity index (χ3v) is 8.33. The molecule has 0 radical (unpaired) electrons. The molecule has 0 saturated carbocycles. The van der Waals surface area contributed by atoms with Crippen molar-refractivity contribution in [2.24, 2.45) is 16.8 Å². The molecule has 1 N–H and O–H groups in total. The normalized spacial score (nSPS) is 29.0. The molecule has 2 rings (SSSR count). The van der Waals surface area contributed by atoms with Gasteiger partial charge in [-0.15, -0.1) is 0 Å². The number of guanidine groups is 1. The first kappa shape index (κ1) is 19.9. The summed E-state index contributed by atoms with van der Waals surface area (Å²) in [6, 6.07) is 0.378. The largest absolute Gasteiger partial charge is 0.354 e. The van der Waals surface area contributed by atoms with Gasteiger partial charge in [0.25, 0.3) is 0 Å². The van der Waals surface area contributed by atoms with Crippen LogP contribution in [0.1, 0.15) is 40.5 Å². The Balaban J connectivity index is 2.04. The molecule has 2 heterocycles. The van der Waals surface area contributed by atoms with Gasteiger partial charge in [-0.1, -0.05) is 20.8 Å². The Kier molecular flexibility index (Phi) is 7.28. The molecule has 5 nitrogen and oxygen atoms in total. The molecule has 0 amide bonds. The quantitative estimate of drug-likeness (QED) is 0.590. The predicted molar refractivity (Wildman–Crippen MR) is 105 cm³/mol. The second kappa shape index (κ2) is 8.79. The smallest absolute Gasteiger partial charge is 0.194 e. The molecule has 0 aromatic heterocycles. The first-order valence-electron chi connectivity index (χ1n) is 9.18. The first-order chi connectivity index (χ1) is 11.3. The highest BCUT2D eigenvalue weighted by atomic mass is 32.2. The second-order valence-electron chi connectivity index (χ2n) is 7.49. The van der Waals surface area contributed by atoms with Crippen molar-refractivity contribution in [1.29, 1.82) is 0 Å². The lowest BCUT2D eigenvalue weighted by atomic mass is 10.1. The SMILES string of the molecule is CCC(C)NC(=NCC1CCS(=O)(=O)C1)N1CCSC(C(C)C)C1. The van der Waals surface area contributed by atoms with E-state index in [2.05, 4.69) is 49.7 Å². The fraction of sp³-hybridized carbons (Fsp3) is 0.941. The van der Waals surface area contributed by atoms with E-state index in [0.29, 0.717) is 35.3 Å². The van der Waals surface area contributed by atoms with Gasteiger partial charge in [-0.2, -0.15) is 11.8 Å². The summed E-state index contributed by atoms with van der Waals surface area (Å²) < 4.78 is 23.3. The summed E-state index contributed by atoms with van der Waals surface area (Å²) in [7, 11) is -2.82.